The highest BCUT2D eigenvalue weighted by molar-refractivity contribution is 6.01. The highest BCUT2D eigenvalue weighted by Crippen LogP contribution is 2.50. The molecule has 0 aromatic carbocycles. The first kappa shape index (κ1) is 19.7. The molecule has 3 aromatic heterocycles. The standard InChI is InChI=1S/C24H27N5O2/c1-12-9-13(2)26-23(25-12)29-22-19(15(4)28-29)21(18-8-7-14(3)31-18)20-16(27-22)10-24(5,6)11-17(20)30/h7-9,21,27H,10-11H2,1-6H3/t21-/m1/s1. The van der Waals surface area contributed by atoms with Gasteiger partial charge in [-0.25, -0.2) is 9.97 Å². The largest absolute Gasteiger partial charge is 0.465 e. The second kappa shape index (κ2) is 6.64. The molecule has 0 amide bonds. The van der Waals surface area contributed by atoms with Crippen molar-refractivity contribution < 1.29 is 9.21 Å². The van der Waals surface area contributed by atoms with Gasteiger partial charge in [0.2, 0.25) is 0 Å². The first-order valence-electron chi connectivity index (χ1n) is 10.6. The number of allylic oxidation sites excluding steroid dienone is 2. The quantitative estimate of drug-likeness (QED) is 0.651. The Labute approximate surface area is 181 Å². The Hall–Kier alpha value is -3.22. The predicted octanol–water partition coefficient (Wildman–Crippen LogP) is 4.69. The van der Waals surface area contributed by atoms with Gasteiger partial charge >= 0.3 is 0 Å². The lowest BCUT2D eigenvalue weighted by Gasteiger charge is -2.38. The number of nitrogens with one attached hydrogen (secondary N) is 1. The third-order valence-electron chi connectivity index (χ3n) is 6.08. The van der Waals surface area contributed by atoms with Crippen molar-refractivity contribution in [1.82, 2.24) is 19.7 Å². The first-order valence-corrected chi connectivity index (χ1v) is 10.6. The van der Waals surface area contributed by atoms with Crippen LogP contribution in [0.5, 0.6) is 0 Å². The van der Waals surface area contributed by atoms with E-state index in [9.17, 15) is 4.79 Å². The summed E-state index contributed by atoms with van der Waals surface area (Å²) in [5.74, 6) is 2.80. The van der Waals surface area contributed by atoms with E-state index in [2.05, 4.69) is 29.1 Å². The lowest BCUT2D eigenvalue weighted by Crippen LogP contribution is -2.34. The molecule has 3 aromatic rings. The van der Waals surface area contributed by atoms with Crippen LogP contribution < -0.4 is 5.32 Å². The van der Waals surface area contributed by atoms with Crippen LogP contribution in [0.1, 0.15) is 66.8 Å². The summed E-state index contributed by atoms with van der Waals surface area (Å²) in [6.07, 6.45) is 1.30. The van der Waals surface area contributed by atoms with Crippen LogP contribution in [-0.4, -0.2) is 25.5 Å². The summed E-state index contributed by atoms with van der Waals surface area (Å²) in [5, 5.41) is 8.35. The number of hydrogen-bond donors (Lipinski definition) is 1. The SMILES string of the molecule is Cc1cc(C)nc(-n2nc(C)c3c2NC2=C(C(=O)CC(C)(C)C2)[C@@H]3c2ccc(C)o2)n1. The Bertz CT molecular complexity index is 1240. The number of Topliss-reactive ketones (excluding diaryl/α,β-unsaturated/α-hetero) is 1. The van der Waals surface area contributed by atoms with Crippen LogP contribution in [0.3, 0.4) is 0 Å². The molecule has 0 saturated heterocycles. The van der Waals surface area contributed by atoms with Gasteiger partial charge in [-0.1, -0.05) is 13.8 Å². The summed E-state index contributed by atoms with van der Waals surface area (Å²) in [7, 11) is 0. The summed E-state index contributed by atoms with van der Waals surface area (Å²) in [6, 6.07) is 5.86. The van der Waals surface area contributed by atoms with E-state index in [1.165, 1.54) is 0 Å². The summed E-state index contributed by atoms with van der Waals surface area (Å²) in [6.45, 7) is 12.1. The van der Waals surface area contributed by atoms with Crippen LogP contribution in [0, 0.1) is 33.1 Å². The zero-order chi connectivity index (χ0) is 22.1. The molecule has 7 heteroatoms. The summed E-state index contributed by atoms with van der Waals surface area (Å²) >= 11 is 0. The minimum Gasteiger partial charge on any atom is -0.465 e. The number of fused-ring (bicyclic) bond motifs is 1. The number of furan rings is 1. The van der Waals surface area contributed by atoms with Crippen molar-refractivity contribution in [2.75, 3.05) is 5.32 Å². The van der Waals surface area contributed by atoms with Crippen LogP contribution in [0.25, 0.3) is 5.95 Å². The van der Waals surface area contributed by atoms with Gasteiger partial charge in [0.05, 0.1) is 11.6 Å². The normalized spacial score (nSPS) is 19.8. The number of aryl methyl sites for hydroxylation is 4. The molecule has 0 unspecified atom stereocenters. The van der Waals surface area contributed by atoms with Gasteiger partial charge in [0.1, 0.15) is 17.3 Å². The summed E-state index contributed by atoms with van der Waals surface area (Å²) in [5.41, 5.74) is 5.17. The molecule has 5 rings (SSSR count). The second-order valence-corrected chi connectivity index (χ2v) is 9.55. The molecule has 0 bridgehead atoms. The molecular weight excluding hydrogens is 390 g/mol. The Morgan fingerprint density at radius 1 is 1.10 bits per heavy atom. The van der Waals surface area contributed by atoms with Gasteiger partial charge in [-0.2, -0.15) is 9.78 Å². The molecule has 0 radical (unpaired) electrons. The molecule has 4 heterocycles. The van der Waals surface area contributed by atoms with E-state index in [0.29, 0.717) is 12.4 Å². The molecule has 31 heavy (non-hydrogen) atoms. The highest BCUT2D eigenvalue weighted by atomic mass is 16.3. The fourth-order valence-corrected chi connectivity index (χ4v) is 4.91. The maximum Gasteiger partial charge on any atom is 0.252 e. The number of hydrogen-bond acceptors (Lipinski definition) is 6. The van der Waals surface area contributed by atoms with Crippen molar-refractivity contribution >= 4 is 11.6 Å². The highest BCUT2D eigenvalue weighted by Gasteiger charge is 2.44. The van der Waals surface area contributed by atoms with Gasteiger partial charge in [-0.15, -0.1) is 0 Å². The van der Waals surface area contributed by atoms with Crippen molar-refractivity contribution in [3.8, 4) is 5.95 Å². The second-order valence-electron chi connectivity index (χ2n) is 9.55. The average Bonchev–Trinajstić information content (AvgIpc) is 3.22. The molecule has 1 N–H and O–H groups in total. The van der Waals surface area contributed by atoms with Gasteiger partial charge in [0, 0.05) is 34.6 Å². The fraction of sp³-hybridized carbons (Fsp3) is 0.417. The zero-order valence-corrected chi connectivity index (χ0v) is 18.8. The Balaban J connectivity index is 1.76. The first-order chi connectivity index (χ1) is 14.6. The van der Waals surface area contributed by atoms with Crippen molar-refractivity contribution in [3.63, 3.8) is 0 Å². The smallest absolute Gasteiger partial charge is 0.252 e. The molecule has 1 aliphatic carbocycles. The number of rotatable bonds is 2. The van der Waals surface area contributed by atoms with Crippen LogP contribution in [0.2, 0.25) is 0 Å². The number of ketones is 1. The lowest BCUT2D eigenvalue weighted by molar-refractivity contribution is -0.118. The van der Waals surface area contributed by atoms with E-state index in [-0.39, 0.29) is 17.1 Å². The van der Waals surface area contributed by atoms with Crippen molar-refractivity contribution in [2.45, 2.75) is 60.3 Å². The molecule has 7 nitrogen and oxygen atoms in total. The van der Waals surface area contributed by atoms with Gasteiger partial charge in [-0.3, -0.25) is 4.79 Å². The third kappa shape index (κ3) is 3.19. The maximum absolute atomic E-state index is 13.3. The molecule has 1 aliphatic heterocycles. The molecule has 2 aliphatic rings. The molecule has 0 spiro atoms. The zero-order valence-electron chi connectivity index (χ0n) is 18.8. The number of carbonyl (C=O) groups excluding carboxylic acids is 1. The van der Waals surface area contributed by atoms with Crippen LogP contribution in [0.4, 0.5) is 5.82 Å². The van der Waals surface area contributed by atoms with Crippen LogP contribution >= 0.6 is 0 Å². The molecule has 0 saturated carbocycles. The molecule has 160 valence electrons. The lowest BCUT2D eigenvalue weighted by atomic mass is 9.70. The van der Waals surface area contributed by atoms with E-state index in [0.717, 1.165) is 57.7 Å². The predicted molar refractivity (Wildman–Crippen MR) is 117 cm³/mol. The Morgan fingerprint density at radius 3 is 2.45 bits per heavy atom. The van der Waals surface area contributed by atoms with E-state index in [4.69, 9.17) is 9.52 Å². The number of aromatic nitrogens is 4. The number of nitrogens with zero attached hydrogens (tertiary/aromatic N) is 4. The maximum atomic E-state index is 13.3. The molecule has 0 fully saturated rings. The van der Waals surface area contributed by atoms with Crippen LogP contribution in [0.15, 0.2) is 33.9 Å². The van der Waals surface area contributed by atoms with E-state index in [1.807, 2.05) is 45.9 Å². The van der Waals surface area contributed by atoms with Gasteiger partial charge in [0.25, 0.3) is 5.95 Å². The summed E-state index contributed by atoms with van der Waals surface area (Å²) < 4.78 is 7.82. The van der Waals surface area contributed by atoms with E-state index in [1.54, 1.807) is 4.68 Å². The number of carbonyl (C=O) groups is 1. The summed E-state index contributed by atoms with van der Waals surface area (Å²) in [4.78, 5) is 22.6. The Kier molecular flexibility index (Phi) is 4.22. The van der Waals surface area contributed by atoms with E-state index >= 15 is 0 Å². The Morgan fingerprint density at radius 2 is 1.81 bits per heavy atom. The topological polar surface area (TPSA) is 85.8 Å². The third-order valence-corrected chi connectivity index (χ3v) is 6.08. The molecular formula is C24H27N5O2. The van der Waals surface area contributed by atoms with Gasteiger partial charge in [-0.05, 0) is 57.7 Å². The molecule has 1 atom stereocenters. The monoisotopic (exact) mass is 417 g/mol. The average molecular weight is 418 g/mol. The van der Waals surface area contributed by atoms with Crippen molar-refractivity contribution in [2.24, 2.45) is 5.41 Å². The fourth-order valence-electron chi connectivity index (χ4n) is 4.91. The van der Waals surface area contributed by atoms with Crippen molar-refractivity contribution in [3.05, 3.63) is 63.6 Å². The number of anilines is 1. The van der Waals surface area contributed by atoms with Crippen molar-refractivity contribution in [1.29, 1.82) is 0 Å². The minimum atomic E-state index is -0.289. The van der Waals surface area contributed by atoms with Crippen LogP contribution in [-0.2, 0) is 4.79 Å². The van der Waals surface area contributed by atoms with Gasteiger partial charge < -0.3 is 9.73 Å². The minimum absolute atomic E-state index is 0.111. The van der Waals surface area contributed by atoms with E-state index < -0.39 is 0 Å². The van der Waals surface area contributed by atoms with Gasteiger partial charge in [0.15, 0.2) is 5.78 Å².